The smallest absolute Gasteiger partial charge is 0.261 e. The number of likely N-dealkylation sites (tertiary alicyclic amines) is 1. The number of thioether (sulfide) groups is 1. The van der Waals surface area contributed by atoms with Gasteiger partial charge in [0.25, 0.3) is 5.91 Å². The van der Waals surface area contributed by atoms with Gasteiger partial charge in [-0.2, -0.15) is 0 Å². The summed E-state index contributed by atoms with van der Waals surface area (Å²) in [5.41, 5.74) is 2.68. The summed E-state index contributed by atoms with van der Waals surface area (Å²) in [6.45, 7) is 7.84. The number of carbonyl (C=O) groups is 1. The van der Waals surface area contributed by atoms with Gasteiger partial charge in [-0.1, -0.05) is 16.2 Å². The molecule has 7 nitrogen and oxygen atoms in total. The quantitative estimate of drug-likeness (QED) is 0.241. The summed E-state index contributed by atoms with van der Waals surface area (Å²) in [7, 11) is 2.15. The number of hydrogen-bond donors (Lipinski definition) is 1. The summed E-state index contributed by atoms with van der Waals surface area (Å²) in [5, 5.41) is 1.44. The van der Waals surface area contributed by atoms with Gasteiger partial charge in [0, 0.05) is 59.5 Å². The number of amides is 1. The maximum absolute atomic E-state index is 14.2. The number of pyridine rings is 1. The van der Waals surface area contributed by atoms with Crippen molar-refractivity contribution in [3.05, 3.63) is 69.2 Å². The first kappa shape index (κ1) is 29.1. The number of piperidine rings is 1. The third-order valence-electron chi connectivity index (χ3n) is 8.46. The lowest BCUT2D eigenvalue weighted by Crippen LogP contribution is -2.49. The highest BCUT2D eigenvalue weighted by Gasteiger charge is 2.56. The Morgan fingerprint density at radius 1 is 1.22 bits per heavy atom. The molecule has 1 saturated heterocycles. The Bertz CT molecular complexity index is 1400. The number of nitrogens with one attached hydrogen (secondary N) is 1. The van der Waals surface area contributed by atoms with Gasteiger partial charge in [0.15, 0.2) is 11.2 Å². The van der Waals surface area contributed by atoms with E-state index < -0.39 is 5.41 Å². The molecule has 0 radical (unpaired) electrons. The van der Waals surface area contributed by atoms with E-state index in [1.807, 2.05) is 12.3 Å². The van der Waals surface area contributed by atoms with Crippen molar-refractivity contribution in [3.8, 4) is 0 Å². The van der Waals surface area contributed by atoms with Crippen LogP contribution in [0.2, 0.25) is 0 Å². The van der Waals surface area contributed by atoms with Crippen molar-refractivity contribution in [2.75, 3.05) is 18.8 Å². The standard InChI is InChI=1S/C30H37FN5O2PS2/c1-4-40-23-6-5-22(32-18-23)17-33-26(37)24-13-20-14-29(7-8-29)38-30(25(20)41-24)9-11-36(12-10-30)19(2)21-15-34-27(35-16-21)28(3,31)39/h5-6,13,15-16,18-19H,4,7-12,14,17,39H2,1-3H3,(H,33,37)/t19-,28?/m1/s1. The highest BCUT2D eigenvalue weighted by molar-refractivity contribution is 7.99. The van der Waals surface area contributed by atoms with Crippen LogP contribution in [0.5, 0.6) is 0 Å². The summed E-state index contributed by atoms with van der Waals surface area (Å²) in [6, 6.07) is 6.25. The normalized spacial score (nSPS) is 21.3. The van der Waals surface area contributed by atoms with Crippen LogP contribution >= 0.6 is 32.3 Å². The van der Waals surface area contributed by atoms with E-state index in [1.165, 1.54) is 17.4 Å². The summed E-state index contributed by atoms with van der Waals surface area (Å²) >= 11 is 3.35. The zero-order valence-corrected chi connectivity index (χ0v) is 26.6. The van der Waals surface area contributed by atoms with Crippen LogP contribution in [0.25, 0.3) is 0 Å². The first-order chi connectivity index (χ1) is 19.6. The lowest BCUT2D eigenvalue weighted by molar-refractivity contribution is -0.152. The Labute approximate surface area is 251 Å². The van der Waals surface area contributed by atoms with Crippen molar-refractivity contribution >= 4 is 38.2 Å². The van der Waals surface area contributed by atoms with Gasteiger partial charge in [-0.15, -0.1) is 23.1 Å². The second-order valence-electron chi connectivity index (χ2n) is 11.6. The maximum atomic E-state index is 14.2. The molecule has 1 saturated carbocycles. The molecular weight excluding hydrogens is 576 g/mol. The van der Waals surface area contributed by atoms with Crippen molar-refractivity contribution in [2.45, 2.75) is 87.0 Å². The van der Waals surface area contributed by atoms with Gasteiger partial charge in [-0.25, -0.2) is 14.4 Å². The Balaban J connectivity index is 1.14. The van der Waals surface area contributed by atoms with E-state index in [2.05, 4.69) is 60.4 Å². The minimum absolute atomic E-state index is 0.0532. The first-order valence-corrected chi connectivity index (χ1v) is 16.7. The fourth-order valence-corrected chi connectivity index (χ4v) is 8.02. The number of carbonyl (C=O) groups excluding carboxylic acids is 1. The number of nitrogens with zero attached hydrogens (tertiary/aromatic N) is 4. The van der Waals surface area contributed by atoms with Crippen LogP contribution in [0.4, 0.5) is 4.39 Å². The van der Waals surface area contributed by atoms with Crippen molar-refractivity contribution in [2.24, 2.45) is 0 Å². The minimum Gasteiger partial charge on any atom is -0.363 e. The Morgan fingerprint density at radius 2 is 1.95 bits per heavy atom. The van der Waals surface area contributed by atoms with Gasteiger partial charge in [0.1, 0.15) is 5.60 Å². The van der Waals surface area contributed by atoms with Crippen molar-refractivity contribution in [1.29, 1.82) is 0 Å². The number of aromatic nitrogens is 3. The fourth-order valence-electron chi connectivity index (χ4n) is 5.96. The van der Waals surface area contributed by atoms with E-state index in [4.69, 9.17) is 4.74 Å². The van der Waals surface area contributed by atoms with Crippen LogP contribution in [-0.2, 0) is 28.7 Å². The number of alkyl halides is 1. The predicted molar refractivity (Wildman–Crippen MR) is 164 cm³/mol. The highest BCUT2D eigenvalue weighted by atomic mass is 32.2. The van der Waals surface area contributed by atoms with E-state index in [-0.39, 0.29) is 29.0 Å². The lowest BCUT2D eigenvalue weighted by Gasteiger charge is -2.47. The minimum atomic E-state index is -1.64. The lowest BCUT2D eigenvalue weighted by atomic mass is 9.82. The molecule has 3 aromatic rings. The van der Waals surface area contributed by atoms with Crippen LogP contribution in [0, 0.1) is 0 Å². The largest absolute Gasteiger partial charge is 0.363 e. The Hall–Kier alpha value is -1.97. The molecule has 2 unspecified atom stereocenters. The number of rotatable bonds is 8. The van der Waals surface area contributed by atoms with Gasteiger partial charge in [0.05, 0.1) is 22.7 Å². The summed E-state index contributed by atoms with van der Waals surface area (Å²) < 4.78 is 21.1. The Kier molecular flexibility index (Phi) is 8.00. The molecule has 2 spiro atoms. The summed E-state index contributed by atoms with van der Waals surface area (Å²) in [6.07, 6.45) is 10.1. The van der Waals surface area contributed by atoms with Gasteiger partial charge < -0.3 is 10.1 Å². The second kappa shape index (κ2) is 11.3. The molecule has 1 N–H and O–H groups in total. The molecule has 3 aromatic heterocycles. The molecule has 3 aliphatic rings. The molecule has 11 heteroatoms. The molecule has 0 bridgehead atoms. The van der Waals surface area contributed by atoms with Gasteiger partial charge in [-0.05, 0) is 69.0 Å². The zero-order chi connectivity index (χ0) is 28.8. The van der Waals surface area contributed by atoms with Crippen molar-refractivity contribution in [1.82, 2.24) is 25.2 Å². The zero-order valence-electron chi connectivity index (χ0n) is 23.8. The van der Waals surface area contributed by atoms with E-state index in [1.54, 1.807) is 35.5 Å². The van der Waals surface area contributed by atoms with E-state index in [0.29, 0.717) is 6.54 Å². The number of halogens is 1. The van der Waals surface area contributed by atoms with Gasteiger partial charge in [0.2, 0.25) is 0 Å². The number of thiophene rings is 1. The molecular formula is C30H37FN5O2PS2. The van der Waals surface area contributed by atoms with Crippen LogP contribution in [0.1, 0.15) is 89.7 Å². The molecule has 2 fully saturated rings. The SMILES string of the molecule is CCSc1ccc(CNC(=O)c2cc3c(s2)C2(CCN([C@H](C)c4cnc(C(C)(F)P)nc4)CC2)OC2(CC2)C3)nc1. The second-order valence-corrected chi connectivity index (χ2v) is 15.1. The highest BCUT2D eigenvalue weighted by Crippen LogP contribution is 2.57. The average molecular weight is 614 g/mol. The number of ether oxygens (including phenoxy) is 1. The fraction of sp³-hybridized carbons (Fsp3) is 0.533. The predicted octanol–water partition coefficient (Wildman–Crippen LogP) is 6.15. The molecule has 218 valence electrons. The van der Waals surface area contributed by atoms with E-state index in [0.717, 1.165) is 72.0 Å². The third-order valence-corrected chi connectivity index (χ3v) is 10.9. The molecule has 41 heavy (non-hydrogen) atoms. The van der Waals surface area contributed by atoms with Gasteiger partial charge in [-0.3, -0.25) is 14.7 Å². The molecule has 1 amide bonds. The number of fused-ring (bicyclic) bond motifs is 2. The molecule has 6 rings (SSSR count). The van der Waals surface area contributed by atoms with Crippen molar-refractivity contribution < 1.29 is 13.9 Å². The first-order valence-electron chi connectivity index (χ1n) is 14.3. The van der Waals surface area contributed by atoms with Gasteiger partial charge >= 0.3 is 0 Å². The molecule has 3 atom stereocenters. The van der Waals surface area contributed by atoms with Crippen LogP contribution in [-0.4, -0.2) is 50.2 Å². The Morgan fingerprint density at radius 3 is 2.56 bits per heavy atom. The average Bonchev–Trinajstić information content (AvgIpc) is 3.55. The summed E-state index contributed by atoms with van der Waals surface area (Å²) in [4.78, 5) is 31.8. The molecule has 2 aliphatic heterocycles. The topological polar surface area (TPSA) is 80.2 Å². The van der Waals surface area contributed by atoms with Crippen LogP contribution < -0.4 is 5.32 Å². The van der Waals surface area contributed by atoms with E-state index >= 15 is 0 Å². The number of hydrogen-bond acceptors (Lipinski definition) is 8. The molecule has 0 aromatic carbocycles. The molecule has 1 aliphatic carbocycles. The summed E-state index contributed by atoms with van der Waals surface area (Å²) in [5.74, 6) is 1.13. The maximum Gasteiger partial charge on any atom is 0.261 e. The third kappa shape index (κ3) is 6.09. The van der Waals surface area contributed by atoms with Crippen LogP contribution in [0.3, 0.4) is 0 Å². The monoisotopic (exact) mass is 613 g/mol. The molecule has 5 heterocycles. The van der Waals surface area contributed by atoms with Crippen LogP contribution in [0.15, 0.2) is 41.7 Å². The van der Waals surface area contributed by atoms with Crippen molar-refractivity contribution in [3.63, 3.8) is 0 Å². The van der Waals surface area contributed by atoms with E-state index in [9.17, 15) is 9.18 Å².